The molecule has 2 aromatic carbocycles. The van der Waals surface area contributed by atoms with E-state index in [1.807, 2.05) is 42.5 Å². The number of benzene rings is 2. The second-order valence-electron chi connectivity index (χ2n) is 7.13. The molecule has 2 aliphatic heterocycles. The normalized spacial score (nSPS) is 18.5. The Labute approximate surface area is 168 Å². The largest absolute Gasteiger partial charge is 0.480 e. The Balaban J connectivity index is 1.88. The highest BCUT2D eigenvalue weighted by atomic mass is 16.5. The number of carbonyl (C=O) groups excluding carboxylic acids is 1. The summed E-state index contributed by atoms with van der Waals surface area (Å²) in [5.41, 5.74) is 5.14. The molecule has 0 radical (unpaired) electrons. The van der Waals surface area contributed by atoms with Gasteiger partial charge in [0.05, 0.1) is 30.6 Å². The van der Waals surface area contributed by atoms with Crippen LogP contribution in [-0.4, -0.2) is 36.2 Å². The number of carboxylic acid groups (broad SMARTS) is 1. The molecule has 0 saturated carbocycles. The summed E-state index contributed by atoms with van der Waals surface area (Å²) >= 11 is 0. The SMILES string of the molecule is COC(C)C(NC(=C1C(=O)Nc2ccccc21)c1ccc2c(c1)COC2)C(=O)O. The van der Waals surface area contributed by atoms with Crippen molar-refractivity contribution >= 4 is 28.8 Å². The molecule has 7 nitrogen and oxygen atoms in total. The number of carboxylic acids is 1. The van der Waals surface area contributed by atoms with Gasteiger partial charge in [0.15, 0.2) is 6.04 Å². The van der Waals surface area contributed by atoms with Gasteiger partial charge in [0.2, 0.25) is 0 Å². The zero-order chi connectivity index (χ0) is 20.5. The number of nitrogens with one attached hydrogen (secondary N) is 2. The van der Waals surface area contributed by atoms with Crippen LogP contribution in [0.15, 0.2) is 42.5 Å². The van der Waals surface area contributed by atoms with Crippen LogP contribution in [-0.2, 0) is 32.3 Å². The zero-order valence-electron chi connectivity index (χ0n) is 16.2. The third-order valence-electron chi connectivity index (χ3n) is 5.34. The predicted octanol–water partition coefficient (Wildman–Crippen LogP) is 2.61. The van der Waals surface area contributed by atoms with Gasteiger partial charge in [-0.15, -0.1) is 0 Å². The van der Waals surface area contributed by atoms with Crippen molar-refractivity contribution in [2.75, 3.05) is 12.4 Å². The molecule has 2 atom stereocenters. The van der Waals surface area contributed by atoms with E-state index < -0.39 is 18.1 Å². The van der Waals surface area contributed by atoms with Crippen LogP contribution in [0, 0.1) is 0 Å². The molecule has 2 aromatic rings. The average molecular weight is 394 g/mol. The Hall–Kier alpha value is -3.16. The number of aliphatic carboxylic acids is 1. The Morgan fingerprint density at radius 3 is 2.72 bits per heavy atom. The van der Waals surface area contributed by atoms with E-state index in [0.29, 0.717) is 30.2 Å². The van der Waals surface area contributed by atoms with E-state index in [1.165, 1.54) is 7.11 Å². The summed E-state index contributed by atoms with van der Waals surface area (Å²) < 4.78 is 10.8. The van der Waals surface area contributed by atoms with Gasteiger partial charge < -0.3 is 25.2 Å². The van der Waals surface area contributed by atoms with Gasteiger partial charge >= 0.3 is 5.97 Å². The van der Waals surface area contributed by atoms with Gasteiger partial charge in [0, 0.05) is 18.4 Å². The van der Waals surface area contributed by atoms with Crippen LogP contribution in [0.5, 0.6) is 0 Å². The number of rotatable bonds is 6. The zero-order valence-corrected chi connectivity index (χ0v) is 16.2. The van der Waals surface area contributed by atoms with E-state index in [4.69, 9.17) is 9.47 Å². The van der Waals surface area contributed by atoms with E-state index in [9.17, 15) is 14.7 Å². The van der Waals surface area contributed by atoms with Crippen molar-refractivity contribution in [2.45, 2.75) is 32.3 Å². The van der Waals surface area contributed by atoms with Crippen LogP contribution in [0.4, 0.5) is 5.69 Å². The second-order valence-corrected chi connectivity index (χ2v) is 7.13. The molecule has 0 spiro atoms. The topological polar surface area (TPSA) is 96.9 Å². The average Bonchev–Trinajstić information content (AvgIpc) is 3.31. The first-order chi connectivity index (χ1) is 14.0. The summed E-state index contributed by atoms with van der Waals surface area (Å²) in [7, 11) is 1.46. The van der Waals surface area contributed by atoms with Crippen molar-refractivity contribution in [3.63, 3.8) is 0 Å². The van der Waals surface area contributed by atoms with Gasteiger partial charge in [0.1, 0.15) is 0 Å². The predicted molar refractivity (Wildman–Crippen MR) is 108 cm³/mol. The summed E-state index contributed by atoms with van der Waals surface area (Å²) in [6.07, 6.45) is -0.611. The lowest BCUT2D eigenvalue weighted by Gasteiger charge is -2.24. The number of hydrogen-bond acceptors (Lipinski definition) is 5. The number of fused-ring (bicyclic) bond motifs is 2. The minimum absolute atomic E-state index is 0.278. The number of ether oxygens (including phenoxy) is 2. The van der Waals surface area contributed by atoms with Crippen molar-refractivity contribution in [3.8, 4) is 0 Å². The first-order valence-electron chi connectivity index (χ1n) is 9.36. The molecule has 2 heterocycles. The second kappa shape index (κ2) is 7.69. The minimum atomic E-state index is -1.06. The number of anilines is 1. The number of amides is 1. The molecule has 4 rings (SSSR count). The molecular weight excluding hydrogens is 372 g/mol. The lowest BCUT2D eigenvalue weighted by atomic mass is 9.97. The number of methoxy groups -OCH3 is 1. The van der Waals surface area contributed by atoms with E-state index >= 15 is 0 Å². The fourth-order valence-corrected chi connectivity index (χ4v) is 3.66. The van der Waals surface area contributed by atoms with E-state index in [0.717, 1.165) is 22.3 Å². The first kappa shape index (κ1) is 19.2. The summed E-state index contributed by atoms with van der Waals surface area (Å²) in [6.45, 7) is 2.72. The summed E-state index contributed by atoms with van der Waals surface area (Å²) in [6, 6.07) is 12.1. The van der Waals surface area contributed by atoms with Gasteiger partial charge in [-0.2, -0.15) is 0 Å². The monoisotopic (exact) mass is 394 g/mol. The molecule has 3 N–H and O–H groups in total. The lowest BCUT2D eigenvalue weighted by molar-refractivity contribution is -0.142. The van der Waals surface area contributed by atoms with Crippen molar-refractivity contribution in [1.82, 2.24) is 5.32 Å². The molecule has 0 aromatic heterocycles. The van der Waals surface area contributed by atoms with E-state index in [1.54, 1.807) is 6.92 Å². The standard InChI is InChI=1S/C22H22N2O5/c1-12(28-2)19(22(26)27)24-20(13-7-8-14-10-29-11-15(14)9-13)18-16-5-3-4-6-17(16)23-21(18)25/h3-9,12,19,24H,10-11H2,1-2H3,(H,23,25)(H,26,27). The van der Waals surface area contributed by atoms with Crippen LogP contribution in [0.1, 0.15) is 29.2 Å². The van der Waals surface area contributed by atoms with Crippen molar-refractivity contribution in [1.29, 1.82) is 0 Å². The van der Waals surface area contributed by atoms with Gasteiger partial charge in [-0.25, -0.2) is 4.79 Å². The van der Waals surface area contributed by atoms with Crippen LogP contribution in [0.3, 0.4) is 0 Å². The minimum Gasteiger partial charge on any atom is -0.480 e. The summed E-state index contributed by atoms with van der Waals surface area (Å²) in [5, 5.41) is 15.7. The molecule has 0 saturated heterocycles. The molecule has 2 aliphatic rings. The highest BCUT2D eigenvalue weighted by Gasteiger charge is 2.32. The van der Waals surface area contributed by atoms with Crippen LogP contribution >= 0.6 is 0 Å². The van der Waals surface area contributed by atoms with Crippen molar-refractivity contribution < 1.29 is 24.2 Å². The fraction of sp³-hybridized carbons (Fsp3) is 0.273. The Morgan fingerprint density at radius 2 is 1.97 bits per heavy atom. The van der Waals surface area contributed by atoms with Gasteiger partial charge in [-0.3, -0.25) is 4.79 Å². The molecular formula is C22H22N2O5. The quantitative estimate of drug-likeness (QED) is 0.652. The third kappa shape index (κ3) is 3.50. The van der Waals surface area contributed by atoms with Crippen LogP contribution < -0.4 is 10.6 Å². The summed E-state index contributed by atoms with van der Waals surface area (Å²) in [4.78, 5) is 24.8. The number of para-hydroxylation sites is 1. The van der Waals surface area contributed by atoms with E-state index in [-0.39, 0.29) is 5.91 Å². The van der Waals surface area contributed by atoms with Gasteiger partial charge in [0.25, 0.3) is 5.91 Å². The molecule has 1 amide bonds. The van der Waals surface area contributed by atoms with Crippen molar-refractivity contribution in [3.05, 3.63) is 64.7 Å². The maximum Gasteiger partial charge on any atom is 0.328 e. The maximum absolute atomic E-state index is 12.9. The smallest absolute Gasteiger partial charge is 0.328 e. The summed E-state index contributed by atoms with van der Waals surface area (Å²) in [5.74, 6) is -1.34. The molecule has 7 heteroatoms. The highest BCUT2D eigenvalue weighted by molar-refractivity contribution is 6.36. The molecule has 29 heavy (non-hydrogen) atoms. The Morgan fingerprint density at radius 1 is 1.21 bits per heavy atom. The maximum atomic E-state index is 12.9. The molecule has 150 valence electrons. The third-order valence-corrected chi connectivity index (χ3v) is 5.34. The van der Waals surface area contributed by atoms with Gasteiger partial charge in [-0.05, 0) is 35.7 Å². The van der Waals surface area contributed by atoms with Crippen LogP contribution in [0.25, 0.3) is 11.3 Å². The number of hydrogen-bond donors (Lipinski definition) is 3. The van der Waals surface area contributed by atoms with Gasteiger partial charge in [-0.1, -0.05) is 30.3 Å². The Kier molecular flexibility index (Phi) is 5.08. The molecule has 0 fully saturated rings. The molecule has 2 unspecified atom stereocenters. The lowest BCUT2D eigenvalue weighted by Crippen LogP contribution is -2.45. The first-order valence-corrected chi connectivity index (χ1v) is 9.36. The number of carbonyl (C=O) groups is 2. The van der Waals surface area contributed by atoms with Crippen LogP contribution in [0.2, 0.25) is 0 Å². The Bertz CT molecular complexity index is 1010. The molecule has 0 bridgehead atoms. The molecule has 0 aliphatic carbocycles. The van der Waals surface area contributed by atoms with Crippen molar-refractivity contribution in [2.24, 2.45) is 0 Å². The fourth-order valence-electron chi connectivity index (χ4n) is 3.66. The van der Waals surface area contributed by atoms with E-state index in [2.05, 4.69) is 10.6 Å². The highest BCUT2D eigenvalue weighted by Crippen LogP contribution is 2.37.